The van der Waals surface area contributed by atoms with Gasteiger partial charge in [0.05, 0.1) is 25.0 Å². The monoisotopic (exact) mass is 396 g/mol. The molecule has 1 fully saturated rings. The number of phenolic OH excluding ortho intramolecular Hbond substituents is 2. The minimum Gasteiger partial charge on any atom is -0.508 e. The molecule has 1 saturated heterocycles. The van der Waals surface area contributed by atoms with Gasteiger partial charge < -0.3 is 30.0 Å². The highest BCUT2D eigenvalue weighted by atomic mass is 32.1. The van der Waals surface area contributed by atoms with E-state index in [0.717, 1.165) is 17.1 Å². The largest absolute Gasteiger partial charge is 0.508 e. The highest BCUT2D eigenvalue weighted by Crippen LogP contribution is 2.44. The van der Waals surface area contributed by atoms with Crippen molar-refractivity contribution in [1.29, 1.82) is 0 Å². The number of ether oxygens (including phenoxy) is 1. The number of aromatic hydroxyl groups is 2. The molecule has 0 unspecified atom stereocenters. The average Bonchev–Trinajstić information content (AvgIpc) is 3.22. The molecule has 7 heteroatoms. The van der Waals surface area contributed by atoms with Crippen LogP contribution < -0.4 is 15.4 Å². The van der Waals surface area contributed by atoms with Gasteiger partial charge in [-0.25, -0.2) is 0 Å². The Morgan fingerprint density at radius 3 is 2.57 bits per heavy atom. The molecular formula is C21H20N2O4S. The SMILES string of the molecule is COc1ccc([C@]2(c3ccc(O)cc3O)C[C@@H](c3ccco3)NC(=S)N2)cc1. The zero-order chi connectivity index (χ0) is 19.7. The maximum absolute atomic E-state index is 10.7. The van der Waals surface area contributed by atoms with Gasteiger partial charge in [0, 0.05) is 18.1 Å². The third-order valence-electron chi connectivity index (χ3n) is 5.05. The Bertz CT molecular complexity index is 988. The van der Waals surface area contributed by atoms with E-state index in [1.807, 2.05) is 36.4 Å². The molecule has 0 saturated carbocycles. The Hall–Kier alpha value is -3.19. The quantitative estimate of drug-likeness (QED) is 0.502. The Kier molecular flexibility index (Phi) is 4.60. The summed E-state index contributed by atoms with van der Waals surface area (Å²) in [4.78, 5) is 0. The Morgan fingerprint density at radius 2 is 1.93 bits per heavy atom. The summed E-state index contributed by atoms with van der Waals surface area (Å²) in [5.74, 6) is 1.45. The van der Waals surface area contributed by atoms with Crippen molar-refractivity contribution in [2.45, 2.75) is 18.0 Å². The molecular weight excluding hydrogens is 376 g/mol. The lowest BCUT2D eigenvalue weighted by molar-refractivity contribution is 0.302. The van der Waals surface area contributed by atoms with Crippen molar-refractivity contribution in [3.63, 3.8) is 0 Å². The first kappa shape index (κ1) is 18.2. The summed E-state index contributed by atoms with van der Waals surface area (Å²) in [6.07, 6.45) is 2.14. The first-order valence-electron chi connectivity index (χ1n) is 8.81. The number of furan rings is 1. The number of nitrogens with one attached hydrogen (secondary N) is 2. The normalized spacial score (nSPS) is 21.6. The number of benzene rings is 2. The minimum absolute atomic E-state index is 0.00905. The molecule has 4 N–H and O–H groups in total. The van der Waals surface area contributed by atoms with Crippen molar-refractivity contribution in [2.24, 2.45) is 0 Å². The van der Waals surface area contributed by atoms with Crippen molar-refractivity contribution in [3.05, 3.63) is 77.7 Å². The maximum Gasteiger partial charge on any atom is 0.167 e. The van der Waals surface area contributed by atoms with Gasteiger partial charge in [0.1, 0.15) is 23.0 Å². The van der Waals surface area contributed by atoms with E-state index in [1.54, 1.807) is 25.5 Å². The fourth-order valence-corrected chi connectivity index (χ4v) is 4.05. The van der Waals surface area contributed by atoms with Gasteiger partial charge in [-0.2, -0.15) is 0 Å². The second-order valence-corrected chi connectivity index (χ2v) is 7.11. The Morgan fingerprint density at radius 1 is 1.14 bits per heavy atom. The number of thiocarbonyl (C=S) groups is 1. The summed E-state index contributed by atoms with van der Waals surface area (Å²) in [6.45, 7) is 0. The fourth-order valence-electron chi connectivity index (χ4n) is 3.74. The lowest BCUT2D eigenvalue weighted by atomic mass is 9.76. The lowest BCUT2D eigenvalue weighted by Gasteiger charge is -2.44. The predicted molar refractivity (Wildman–Crippen MR) is 108 cm³/mol. The van der Waals surface area contributed by atoms with E-state index in [1.165, 1.54) is 6.07 Å². The van der Waals surface area contributed by atoms with Crippen LogP contribution in [-0.2, 0) is 5.54 Å². The van der Waals surface area contributed by atoms with Crippen LogP contribution in [0.25, 0.3) is 0 Å². The summed E-state index contributed by atoms with van der Waals surface area (Å²) in [6, 6.07) is 15.7. The third-order valence-corrected chi connectivity index (χ3v) is 5.27. The van der Waals surface area contributed by atoms with Crippen LogP contribution >= 0.6 is 12.2 Å². The Labute approximate surface area is 167 Å². The molecule has 0 amide bonds. The van der Waals surface area contributed by atoms with E-state index in [4.69, 9.17) is 21.4 Å². The Balaban J connectivity index is 1.88. The standard InChI is InChI=1S/C21H20N2O4S/c1-26-15-7-4-13(5-8-15)21(16-9-6-14(24)11-18(16)25)12-17(22-20(28)23-21)19-3-2-10-27-19/h2-11,17,24-25H,12H2,1H3,(H2,22,23,28)/t17-,21-/m0/s1. The van der Waals surface area contributed by atoms with Crippen LogP contribution in [-0.4, -0.2) is 22.4 Å². The third kappa shape index (κ3) is 3.14. The number of methoxy groups -OCH3 is 1. The molecule has 0 radical (unpaired) electrons. The van der Waals surface area contributed by atoms with Crippen molar-refractivity contribution in [1.82, 2.24) is 10.6 Å². The summed E-state index contributed by atoms with van der Waals surface area (Å²) >= 11 is 5.50. The van der Waals surface area contributed by atoms with Crippen molar-refractivity contribution in [2.75, 3.05) is 7.11 Å². The van der Waals surface area contributed by atoms with Crippen molar-refractivity contribution >= 4 is 17.3 Å². The molecule has 2 aromatic carbocycles. The van der Waals surface area contributed by atoms with Crippen LogP contribution in [0.15, 0.2) is 65.3 Å². The van der Waals surface area contributed by atoms with Gasteiger partial charge in [0.2, 0.25) is 0 Å². The molecule has 6 nitrogen and oxygen atoms in total. The molecule has 0 spiro atoms. The molecule has 1 aliphatic heterocycles. The molecule has 2 heterocycles. The van der Waals surface area contributed by atoms with E-state index in [0.29, 0.717) is 17.1 Å². The molecule has 144 valence electrons. The highest BCUT2D eigenvalue weighted by Gasteiger charge is 2.44. The van der Waals surface area contributed by atoms with Gasteiger partial charge in [0.25, 0.3) is 0 Å². The van der Waals surface area contributed by atoms with Crippen LogP contribution in [0.5, 0.6) is 17.2 Å². The molecule has 3 aromatic rings. The maximum atomic E-state index is 10.7. The smallest absolute Gasteiger partial charge is 0.167 e. The van der Waals surface area contributed by atoms with Gasteiger partial charge in [0.15, 0.2) is 5.11 Å². The second kappa shape index (κ2) is 7.09. The summed E-state index contributed by atoms with van der Waals surface area (Å²) in [7, 11) is 1.61. The zero-order valence-electron chi connectivity index (χ0n) is 15.2. The fraction of sp³-hybridized carbons (Fsp3) is 0.190. The number of hydrogen-bond acceptors (Lipinski definition) is 5. The van der Waals surface area contributed by atoms with Crippen LogP contribution in [0.3, 0.4) is 0 Å². The van der Waals surface area contributed by atoms with E-state index in [2.05, 4.69) is 10.6 Å². The highest BCUT2D eigenvalue weighted by molar-refractivity contribution is 7.80. The molecule has 2 atom stereocenters. The average molecular weight is 396 g/mol. The van der Waals surface area contributed by atoms with Gasteiger partial charge in [-0.3, -0.25) is 0 Å². The topological polar surface area (TPSA) is 86.9 Å². The summed E-state index contributed by atoms with van der Waals surface area (Å²) < 4.78 is 10.9. The minimum atomic E-state index is -0.830. The van der Waals surface area contributed by atoms with E-state index < -0.39 is 5.54 Å². The van der Waals surface area contributed by atoms with E-state index >= 15 is 0 Å². The molecule has 0 aliphatic carbocycles. The molecule has 28 heavy (non-hydrogen) atoms. The molecule has 1 aromatic heterocycles. The number of phenols is 2. The zero-order valence-corrected chi connectivity index (χ0v) is 16.0. The van der Waals surface area contributed by atoms with Gasteiger partial charge in [-0.05, 0) is 54.2 Å². The van der Waals surface area contributed by atoms with Crippen LogP contribution in [0.2, 0.25) is 0 Å². The first-order valence-corrected chi connectivity index (χ1v) is 9.22. The molecule has 4 rings (SSSR count). The summed E-state index contributed by atoms with van der Waals surface area (Å²) in [5.41, 5.74) is 0.676. The predicted octanol–water partition coefficient (Wildman–Crippen LogP) is 3.55. The number of rotatable bonds is 4. The van der Waals surface area contributed by atoms with Crippen LogP contribution in [0, 0.1) is 0 Å². The van der Waals surface area contributed by atoms with Crippen LogP contribution in [0.4, 0.5) is 0 Å². The lowest BCUT2D eigenvalue weighted by Crippen LogP contribution is -2.57. The van der Waals surface area contributed by atoms with Gasteiger partial charge >= 0.3 is 0 Å². The summed E-state index contributed by atoms with van der Waals surface area (Å²) in [5, 5.41) is 27.5. The van der Waals surface area contributed by atoms with Crippen molar-refractivity contribution in [3.8, 4) is 17.2 Å². The second-order valence-electron chi connectivity index (χ2n) is 6.71. The van der Waals surface area contributed by atoms with Crippen LogP contribution in [0.1, 0.15) is 29.3 Å². The van der Waals surface area contributed by atoms with Gasteiger partial charge in [-0.1, -0.05) is 12.1 Å². The van der Waals surface area contributed by atoms with Crippen molar-refractivity contribution < 1.29 is 19.4 Å². The van der Waals surface area contributed by atoms with E-state index in [9.17, 15) is 10.2 Å². The van der Waals surface area contributed by atoms with Gasteiger partial charge in [-0.15, -0.1) is 0 Å². The number of hydrogen-bond donors (Lipinski definition) is 4. The molecule has 1 aliphatic rings. The first-order chi connectivity index (χ1) is 13.5. The molecule has 0 bridgehead atoms. The van der Waals surface area contributed by atoms with E-state index in [-0.39, 0.29) is 17.5 Å².